The Morgan fingerprint density at radius 3 is 2.43 bits per heavy atom. The topological polar surface area (TPSA) is 80.0 Å². The number of nitrogens with zero attached hydrogens (tertiary/aromatic N) is 3. The van der Waals surface area contributed by atoms with Gasteiger partial charge in [0.05, 0.1) is 0 Å². The molecular formula is C15H20ClN5. The van der Waals surface area contributed by atoms with Gasteiger partial charge in [0, 0.05) is 11.6 Å². The zero-order chi connectivity index (χ0) is 14.9. The van der Waals surface area contributed by atoms with Crippen LogP contribution in [0.1, 0.15) is 37.7 Å². The fourth-order valence-corrected chi connectivity index (χ4v) is 3.32. The van der Waals surface area contributed by atoms with E-state index in [-0.39, 0.29) is 5.66 Å². The van der Waals surface area contributed by atoms with E-state index < -0.39 is 0 Å². The lowest BCUT2D eigenvalue weighted by Gasteiger charge is -2.45. The van der Waals surface area contributed by atoms with Gasteiger partial charge < -0.3 is 16.4 Å². The summed E-state index contributed by atoms with van der Waals surface area (Å²) in [4.78, 5) is 10.9. The normalized spacial score (nSPS) is 21.1. The minimum atomic E-state index is -0.326. The summed E-state index contributed by atoms with van der Waals surface area (Å²) in [5.74, 6) is 0.751. The van der Waals surface area contributed by atoms with Gasteiger partial charge in [-0.05, 0) is 43.4 Å². The van der Waals surface area contributed by atoms with Crippen LogP contribution in [-0.2, 0) is 6.54 Å². The second-order valence-corrected chi connectivity index (χ2v) is 6.13. The van der Waals surface area contributed by atoms with Gasteiger partial charge in [0.2, 0.25) is 11.9 Å². The Kier molecular flexibility index (Phi) is 3.76. The van der Waals surface area contributed by atoms with Gasteiger partial charge in [-0.15, -0.1) is 0 Å². The summed E-state index contributed by atoms with van der Waals surface area (Å²) in [6.45, 7) is 0.670. The first kappa shape index (κ1) is 14.2. The molecule has 6 heteroatoms. The van der Waals surface area contributed by atoms with Gasteiger partial charge in [0.1, 0.15) is 5.66 Å². The lowest BCUT2D eigenvalue weighted by Crippen LogP contribution is -2.57. The van der Waals surface area contributed by atoms with Gasteiger partial charge in [-0.3, -0.25) is 0 Å². The summed E-state index contributed by atoms with van der Waals surface area (Å²) in [6, 6.07) is 7.79. The molecule has 0 saturated heterocycles. The zero-order valence-electron chi connectivity index (χ0n) is 11.9. The number of aliphatic imine (C=N–C) groups is 2. The minimum Gasteiger partial charge on any atom is -0.369 e. The van der Waals surface area contributed by atoms with Gasteiger partial charge in [0.25, 0.3) is 0 Å². The average Bonchev–Trinajstić information content (AvgIpc) is 2.46. The van der Waals surface area contributed by atoms with Gasteiger partial charge >= 0.3 is 0 Å². The van der Waals surface area contributed by atoms with Crippen LogP contribution >= 0.6 is 11.6 Å². The van der Waals surface area contributed by atoms with E-state index in [0.717, 1.165) is 36.3 Å². The van der Waals surface area contributed by atoms with Crippen LogP contribution < -0.4 is 11.5 Å². The van der Waals surface area contributed by atoms with E-state index >= 15 is 0 Å². The number of rotatable bonds is 2. The quantitative estimate of drug-likeness (QED) is 0.880. The Balaban J connectivity index is 1.90. The van der Waals surface area contributed by atoms with Crippen molar-refractivity contribution in [3.8, 4) is 0 Å². The Hall–Kier alpha value is -1.75. The first-order chi connectivity index (χ1) is 10.1. The minimum absolute atomic E-state index is 0.293. The molecule has 5 nitrogen and oxygen atoms in total. The molecular weight excluding hydrogens is 286 g/mol. The van der Waals surface area contributed by atoms with E-state index in [0.29, 0.717) is 18.5 Å². The predicted octanol–water partition coefficient (Wildman–Crippen LogP) is 2.45. The highest BCUT2D eigenvalue weighted by Crippen LogP contribution is 2.37. The third-order valence-electron chi connectivity index (χ3n) is 4.24. The molecule has 1 heterocycles. The molecule has 1 aromatic carbocycles. The Morgan fingerprint density at radius 2 is 1.76 bits per heavy atom. The molecule has 1 spiro atoms. The monoisotopic (exact) mass is 305 g/mol. The molecule has 1 fully saturated rings. The molecule has 0 bridgehead atoms. The van der Waals surface area contributed by atoms with Crippen molar-refractivity contribution in [2.45, 2.75) is 44.3 Å². The van der Waals surface area contributed by atoms with Crippen LogP contribution in [0.4, 0.5) is 0 Å². The summed E-state index contributed by atoms with van der Waals surface area (Å²) < 4.78 is 0. The number of hydrogen-bond acceptors (Lipinski definition) is 5. The largest absolute Gasteiger partial charge is 0.369 e. The first-order valence-corrected chi connectivity index (χ1v) is 7.68. The smallest absolute Gasteiger partial charge is 0.220 e. The summed E-state index contributed by atoms with van der Waals surface area (Å²) in [5, 5.41) is 0.730. The Bertz CT molecular complexity index is 572. The number of hydrogen-bond donors (Lipinski definition) is 2. The molecule has 1 saturated carbocycles. The molecule has 4 N–H and O–H groups in total. The van der Waals surface area contributed by atoms with Crippen LogP contribution in [0, 0.1) is 0 Å². The molecule has 0 radical (unpaired) electrons. The van der Waals surface area contributed by atoms with E-state index in [2.05, 4.69) is 14.9 Å². The summed E-state index contributed by atoms with van der Waals surface area (Å²) in [6.07, 6.45) is 5.46. The van der Waals surface area contributed by atoms with E-state index in [9.17, 15) is 0 Å². The van der Waals surface area contributed by atoms with Gasteiger partial charge in [0.15, 0.2) is 0 Å². The van der Waals surface area contributed by atoms with Gasteiger partial charge in [-0.25, -0.2) is 4.99 Å². The van der Waals surface area contributed by atoms with E-state index in [4.69, 9.17) is 23.1 Å². The highest BCUT2D eigenvalue weighted by atomic mass is 35.5. The van der Waals surface area contributed by atoms with Gasteiger partial charge in [-0.2, -0.15) is 4.99 Å². The summed E-state index contributed by atoms with van der Waals surface area (Å²) in [5.41, 5.74) is 12.8. The molecule has 1 aliphatic carbocycles. The Labute approximate surface area is 129 Å². The number of halogens is 1. The highest BCUT2D eigenvalue weighted by Gasteiger charge is 2.41. The number of benzene rings is 1. The van der Waals surface area contributed by atoms with Gasteiger partial charge in [-0.1, -0.05) is 30.2 Å². The lowest BCUT2D eigenvalue weighted by molar-refractivity contribution is 0.114. The second-order valence-electron chi connectivity index (χ2n) is 5.70. The maximum absolute atomic E-state index is 6.14. The maximum atomic E-state index is 6.14. The molecule has 2 aliphatic rings. The molecule has 0 unspecified atom stereocenters. The van der Waals surface area contributed by atoms with Crippen molar-refractivity contribution < 1.29 is 0 Å². The molecule has 112 valence electrons. The van der Waals surface area contributed by atoms with Crippen molar-refractivity contribution in [2.24, 2.45) is 21.5 Å². The van der Waals surface area contributed by atoms with Crippen molar-refractivity contribution in [1.82, 2.24) is 4.90 Å². The SMILES string of the molecule is NC1=NC2(CCCCC2)N(Cc2ccc(Cl)cc2)C(N)=N1. The average molecular weight is 306 g/mol. The van der Waals surface area contributed by atoms with Crippen molar-refractivity contribution >= 4 is 23.5 Å². The summed E-state index contributed by atoms with van der Waals surface area (Å²) >= 11 is 5.94. The zero-order valence-corrected chi connectivity index (χ0v) is 12.7. The second kappa shape index (κ2) is 5.56. The number of nitrogens with two attached hydrogens (primary N) is 2. The van der Waals surface area contributed by atoms with Crippen molar-refractivity contribution in [3.05, 3.63) is 34.9 Å². The molecule has 0 amide bonds. The molecule has 1 aromatic rings. The van der Waals surface area contributed by atoms with E-state index in [1.807, 2.05) is 24.3 Å². The van der Waals surface area contributed by atoms with Crippen LogP contribution in [0.2, 0.25) is 5.02 Å². The third-order valence-corrected chi connectivity index (χ3v) is 4.49. The van der Waals surface area contributed by atoms with Crippen molar-refractivity contribution in [1.29, 1.82) is 0 Å². The van der Waals surface area contributed by atoms with E-state index in [1.54, 1.807) is 0 Å². The van der Waals surface area contributed by atoms with Crippen LogP contribution in [0.25, 0.3) is 0 Å². The molecule has 21 heavy (non-hydrogen) atoms. The van der Waals surface area contributed by atoms with Crippen molar-refractivity contribution in [3.63, 3.8) is 0 Å². The van der Waals surface area contributed by atoms with Crippen LogP contribution in [-0.4, -0.2) is 22.5 Å². The van der Waals surface area contributed by atoms with E-state index in [1.165, 1.54) is 6.42 Å². The molecule has 0 aromatic heterocycles. The fourth-order valence-electron chi connectivity index (χ4n) is 3.19. The van der Waals surface area contributed by atoms with Crippen LogP contribution in [0.15, 0.2) is 34.3 Å². The van der Waals surface area contributed by atoms with Crippen LogP contribution in [0.5, 0.6) is 0 Å². The van der Waals surface area contributed by atoms with Crippen molar-refractivity contribution in [2.75, 3.05) is 0 Å². The molecule has 1 aliphatic heterocycles. The number of guanidine groups is 2. The fraction of sp³-hybridized carbons (Fsp3) is 0.467. The molecule has 3 rings (SSSR count). The van der Waals surface area contributed by atoms with Crippen LogP contribution in [0.3, 0.4) is 0 Å². The summed E-state index contributed by atoms with van der Waals surface area (Å²) in [7, 11) is 0. The Morgan fingerprint density at radius 1 is 1.10 bits per heavy atom. The third kappa shape index (κ3) is 2.83. The standard InChI is InChI=1S/C15H20ClN5/c16-12-6-4-11(5-7-12)10-21-14(18)19-13(17)20-15(21)8-2-1-3-9-15/h4-7H,1-3,8-10H2,(H4,17,18,19,20). The first-order valence-electron chi connectivity index (χ1n) is 7.31. The molecule has 0 atom stereocenters. The maximum Gasteiger partial charge on any atom is 0.220 e. The highest BCUT2D eigenvalue weighted by molar-refractivity contribution is 6.30. The lowest BCUT2D eigenvalue weighted by atomic mass is 9.87. The predicted molar refractivity (Wildman–Crippen MR) is 86.1 cm³/mol.